The Balaban J connectivity index is 1.24. The fourth-order valence-corrected chi connectivity index (χ4v) is 5.01. The van der Waals surface area contributed by atoms with Crippen LogP contribution in [-0.4, -0.2) is 66.4 Å². The lowest BCUT2D eigenvalue weighted by molar-refractivity contribution is -0.146. The Morgan fingerprint density at radius 1 is 1.06 bits per heavy atom. The number of carbonyl (C=O) groups is 3. The van der Waals surface area contributed by atoms with Crippen LogP contribution in [0.1, 0.15) is 36.3 Å². The molecule has 1 saturated heterocycles. The van der Waals surface area contributed by atoms with E-state index in [2.05, 4.69) is 5.32 Å². The monoisotopic (exact) mass is 464 g/mol. The molecule has 0 bridgehead atoms. The van der Waals surface area contributed by atoms with Crippen molar-refractivity contribution in [3.05, 3.63) is 59.7 Å². The second kappa shape index (κ2) is 9.46. The fraction of sp³-hybridized carbons (Fsp3) is 0.423. The van der Waals surface area contributed by atoms with Gasteiger partial charge in [0.2, 0.25) is 5.91 Å². The Morgan fingerprint density at radius 2 is 1.71 bits per heavy atom. The number of fused-ring (bicyclic) bond motifs is 3. The maximum atomic E-state index is 13.1. The zero-order valence-corrected chi connectivity index (χ0v) is 18.8. The molecule has 178 valence electrons. The van der Waals surface area contributed by atoms with Crippen LogP contribution < -0.4 is 5.32 Å². The van der Waals surface area contributed by atoms with Gasteiger partial charge in [-0.2, -0.15) is 0 Å². The fourth-order valence-electron chi connectivity index (χ4n) is 5.01. The number of nitrogens with one attached hydrogen (secondary N) is 1. The van der Waals surface area contributed by atoms with Gasteiger partial charge in [0.05, 0.1) is 19.1 Å². The number of rotatable bonds is 7. The molecule has 0 spiro atoms. The first-order valence-electron chi connectivity index (χ1n) is 11.7. The third-order valence-electron chi connectivity index (χ3n) is 6.87. The van der Waals surface area contributed by atoms with Crippen LogP contribution in [0.25, 0.3) is 11.1 Å². The highest BCUT2D eigenvalue weighted by atomic mass is 16.5. The molecule has 2 aromatic rings. The molecular formula is C26H28N2O6. The molecule has 34 heavy (non-hydrogen) atoms. The molecule has 8 nitrogen and oxygen atoms in total. The molecule has 2 amide bonds. The van der Waals surface area contributed by atoms with Gasteiger partial charge in [-0.1, -0.05) is 48.5 Å². The summed E-state index contributed by atoms with van der Waals surface area (Å²) in [7, 11) is 0. The van der Waals surface area contributed by atoms with E-state index in [1.165, 1.54) is 0 Å². The van der Waals surface area contributed by atoms with E-state index in [9.17, 15) is 19.5 Å². The molecule has 0 aromatic heterocycles. The summed E-state index contributed by atoms with van der Waals surface area (Å²) in [5, 5.41) is 11.8. The highest BCUT2D eigenvalue weighted by Crippen LogP contribution is 2.44. The third-order valence-corrected chi connectivity index (χ3v) is 6.87. The molecule has 8 heteroatoms. The van der Waals surface area contributed by atoms with E-state index < -0.39 is 30.4 Å². The molecule has 2 atom stereocenters. The summed E-state index contributed by atoms with van der Waals surface area (Å²) in [5.74, 6) is -1.23. The summed E-state index contributed by atoms with van der Waals surface area (Å²) in [5.41, 5.74) is 4.38. The Kier molecular flexibility index (Phi) is 6.24. The number of ether oxygens (including phenoxy) is 2. The van der Waals surface area contributed by atoms with Gasteiger partial charge < -0.3 is 24.8 Å². The van der Waals surface area contributed by atoms with Gasteiger partial charge in [-0.15, -0.1) is 0 Å². The van der Waals surface area contributed by atoms with E-state index in [4.69, 9.17) is 9.47 Å². The standard InChI is InChI=1S/C26H28N2O6/c29-24(30)13-22(25(31)28-11-12-33-23(14-28)16-9-10-16)27-26(32)34-15-21-19-7-3-1-5-17(19)18-6-2-4-8-20(18)21/h1-8,16,21-23H,9-15H2,(H,27,32)(H,29,30). The summed E-state index contributed by atoms with van der Waals surface area (Å²) in [6, 6.07) is 14.8. The number of carboxylic acid groups (broad SMARTS) is 1. The Bertz CT molecular complexity index is 1050. The Morgan fingerprint density at radius 3 is 2.32 bits per heavy atom. The first-order valence-corrected chi connectivity index (χ1v) is 11.7. The number of amides is 2. The summed E-state index contributed by atoms with van der Waals surface area (Å²) >= 11 is 0. The lowest BCUT2D eigenvalue weighted by Gasteiger charge is -2.35. The average molecular weight is 465 g/mol. The van der Waals surface area contributed by atoms with Crippen LogP contribution in [0.4, 0.5) is 4.79 Å². The van der Waals surface area contributed by atoms with Crippen molar-refractivity contribution in [3.63, 3.8) is 0 Å². The van der Waals surface area contributed by atoms with Crippen LogP contribution in [0.5, 0.6) is 0 Å². The zero-order chi connectivity index (χ0) is 23.7. The molecule has 2 unspecified atom stereocenters. The smallest absolute Gasteiger partial charge is 0.407 e. The van der Waals surface area contributed by atoms with Crippen molar-refractivity contribution < 1.29 is 29.0 Å². The van der Waals surface area contributed by atoms with E-state index >= 15 is 0 Å². The molecule has 1 saturated carbocycles. The van der Waals surface area contributed by atoms with Crippen LogP contribution in [0.15, 0.2) is 48.5 Å². The summed E-state index contributed by atoms with van der Waals surface area (Å²) in [6.07, 6.45) is 0.854. The van der Waals surface area contributed by atoms with Gasteiger partial charge in [-0.25, -0.2) is 4.79 Å². The van der Waals surface area contributed by atoms with Crippen LogP contribution in [-0.2, 0) is 19.1 Å². The largest absolute Gasteiger partial charge is 0.481 e. The normalized spacial score (nSPS) is 20.2. The molecule has 1 heterocycles. The molecule has 0 radical (unpaired) electrons. The van der Waals surface area contributed by atoms with Crippen molar-refractivity contribution in [2.75, 3.05) is 26.3 Å². The van der Waals surface area contributed by atoms with Crippen molar-refractivity contribution in [1.29, 1.82) is 0 Å². The number of aliphatic carboxylic acids is 1. The predicted octanol–water partition coefficient (Wildman–Crippen LogP) is 3.01. The number of alkyl carbamates (subject to hydrolysis) is 1. The average Bonchev–Trinajstić information content (AvgIpc) is 3.65. The van der Waals surface area contributed by atoms with Gasteiger partial charge >= 0.3 is 12.1 Å². The first-order chi connectivity index (χ1) is 16.5. The second-order valence-corrected chi connectivity index (χ2v) is 9.15. The maximum absolute atomic E-state index is 13.1. The van der Waals surface area contributed by atoms with Gasteiger partial charge in [0, 0.05) is 19.0 Å². The van der Waals surface area contributed by atoms with Crippen LogP contribution >= 0.6 is 0 Å². The number of benzene rings is 2. The Labute approximate surface area is 197 Å². The molecular weight excluding hydrogens is 436 g/mol. The second-order valence-electron chi connectivity index (χ2n) is 9.15. The topological polar surface area (TPSA) is 105 Å². The van der Waals surface area contributed by atoms with Crippen molar-refractivity contribution in [2.24, 2.45) is 5.92 Å². The summed E-state index contributed by atoms with van der Waals surface area (Å²) < 4.78 is 11.3. The van der Waals surface area contributed by atoms with Gasteiger partial charge in [0.25, 0.3) is 0 Å². The van der Waals surface area contributed by atoms with Crippen molar-refractivity contribution in [3.8, 4) is 11.1 Å². The minimum atomic E-state index is -1.19. The molecule has 2 N–H and O–H groups in total. The lowest BCUT2D eigenvalue weighted by Crippen LogP contribution is -2.54. The van der Waals surface area contributed by atoms with E-state index in [0.29, 0.717) is 25.6 Å². The lowest BCUT2D eigenvalue weighted by atomic mass is 9.98. The number of morpholine rings is 1. The number of carbonyl (C=O) groups excluding carboxylic acids is 2. The van der Waals surface area contributed by atoms with Crippen LogP contribution in [0.2, 0.25) is 0 Å². The number of carboxylic acids is 1. The van der Waals surface area contributed by atoms with Gasteiger partial charge in [-0.05, 0) is 41.0 Å². The third kappa shape index (κ3) is 4.63. The van der Waals surface area contributed by atoms with Crippen LogP contribution in [0.3, 0.4) is 0 Å². The maximum Gasteiger partial charge on any atom is 0.407 e. The summed E-state index contributed by atoms with van der Waals surface area (Å²) in [6.45, 7) is 1.31. The van der Waals surface area contributed by atoms with Gasteiger partial charge in [-0.3, -0.25) is 9.59 Å². The molecule has 2 fully saturated rings. The molecule has 2 aromatic carbocycles. The highest BCUT2D eigenvalue weighted by Gasteiger charge is 2.38. The predicted molar refractivity (Wildman–Crippen MR) is 123 cm³/mol. The minimum Gasteiger partial charge on any atom is -0.481 e. The van der Waals surface area contributed by atoms with Gasteiger partial charge in [0.15, 0.2) is 0 Å². The van der Waals surface area contributed by atoms with Gasteiger partial charge in [0.1, 0.15) is 12.6 Å². The number of hydrogen-bond acceptors (Lipinski definition) is 5. The SMILES string of the molecule is O=C(O)CC(NC(=O)OCC1c2ccccc2-c2ccccc21)C(=O)N1CCOC(C2CC2)C1. The van der Waals surface area contributed by atoms with E-state index in [1.54, 1.807) is 4.90 Å². The quantitative estimate of drug-likeness (QED) is 0.653. The highest BCUT2D eigenvalue weighted by molar-refractivity contribution is 5.89. The van der Waals surface area contributed by atoms with Crippen LogP contribution in [0, 0.1) is 5.92 Å². The minimum absolute atomic E-state index is 0.0161. The van der Waals surface area contributed by atoms with Crippen molar-refractivity contribution in [1.82, 2.24) is 10.2 Å². The molecule has 5 rings (SSSR count). The van der Waals surface area contributed by atoms with E-state index in [-0.39, 0.29) is 18.6 Å². The van der Waals surface area contributed by atoms with E-state index in [0.717, 1.165) is 35.1 Å². The number of nitrogens with zero attached hydrogens (tertiary/aromatic N) is 1. The van der Waals surface area contributed by atoms with E-state index in [1.807, 2.05) is 48.5 Å². The zero-order valence-electron chi connectivity index (χ0n) is 18.8. The summed E-state index contributed by atoms with van der Waals surface area (Å²) in [4.78, 5) is 38.8. The van der Waals surface area contributed by atoms with Crippen molar-refractivity contribution in [2.45, 2.75) is 37.3 Å². The molecule has 3 aliphatic rings. The Hall–Kier alpha value is -3.39. The number of hydrogen-bond donors (Lipinski definition) is 2. The molecule has 1 aliphatic heterocycles. The first kappa shape index (κ1) is 22.4. The molecule has 2 aliphatic carbocycles. The van der Waals surface area contributed by atoms with Crippen molar-refractivity contribution >= 4 is 18.0 Å².